The molecular formula is C23H27N3O3. The Kier molecular flexibility index (Phi) is 5.53. The van der Waals surface area contributed by atoms with Crippen molar-refractivity contribution < 1.29 is 13.7 Å². The maximum absolute atomic E-state index is 12.8. The number of carbonyl (C=O) groups is 1. The minimum atomic E-state index is -0.0370. The van der Waals surface area contributed by atoms with Crippen molar-refractivity contribution in [3.8, 4) is 0 Å². The first kappa shape index (κ1) is 19.5. The minimum Gasteiger partial charge on any atom is -0.456 e. The lowest BCUT2D eigenvalue weighted by Gasteiger charge is -2.34. The molecule has 1 amide bonds. The number of rotatable bonds is 5. The Balaban J connectivity index is 1.33. The lowest BCUT2D eigenvalue weighted by atomic mass is 10.1. The van der Waals surface area contributed by atoms with Crippen LogP contribution in [0.15, 0.2) is 45.3 Å². The normalized spacial score (nSPS) is 15.1. The van der Waals surface area contributed by atoms with Gasteiger partial charge in [0.2, 0.25) is 0 Å². The number of amides is 1. The summed E-state index contributed by atoms with van der Waals surface area (Å²) in [6.07, 6.45) is 0.582. The molecule has 0 unspecified atom stereocenters. The third-order valence-electron chi connectivity index (χ3n) is 5.59. The van der Waals surface area contributed by atoms with E-state index in [4.69, 9.17) is 8.94 Å². The van der Waals surface area contributed by atoms with Crippen molar-refractivity contribution in [1.29, 1.82) is 0 Å². The van der Waals surface area contributed by atoms with Gasteiger partial charge in [-0.1, -0.05) is 35.0 Å². The smallest absolute Gasteiger partial charge is 0.289 e. The summed E-state index contributed by atoms with van der Waals surface area (Å²) in [5.74, 6) is 1.90. The average molecular weight is 393 g/mol. The summed E-state index contributed by atoms with van der Waals surface area (Å²) in [6.45, 7) is 9.98. The van der Waals surface area contributed by atoms with Gasteiger partial charge in [0, 0.05) is 44.7 Å². The largest absolute Gasteiger partial charge is 0.456 e. The fraction of sp³-hybridized carbons (Fsp3) is 0.391. The fourth-order valence-corrected chi connectivity index (χ4v) is 3.73. The second-order valence-corrected chi connectivity index (χ2v) is 7.80. The van der Waals surface area contributed by atoms with E-state index in [1.807, 2.05) is 24.8 Å². The number of aromatic nitrogens is 1. The number of aryl methyl sites for hydroxylation is 3. The van der Waals surface area contributed by atoms with Gasteiger partial charge in [-0.05, 0) is 38.5 Å². The molecule has 1 fully saturated rings. The molecule has 2 aromatic heterocycles. The number of hydrogen-bond acceptors (Lipinski definition) is 5. The van der Waals surface area contributed by atoms with Gasteiger partial charge in [0.05, 0.1) is 5.69 Å². The van der Waals surface area contributed by atoms with Crippen LogP contribution in [0.3, 0.4) is 0 Å². The number of piperazine rings is 1. The molecule has 6 nitrogen and oxygen atoms in total. The molecule has 1 aliphatic rings. The van der Waals surface area contributed by atoms with E-state index in [-0.39, 0.29) is 5.91 Å². The molecule has 1 aliphatic heterocycles. The predicted molar refractivity (Wildman–Crippen MR) is 110 cm³/mol. The maximum atomic E-state index is 12.8. The summed E-state index contributed by atoms with van der Waals surface area (Å²) < 4.78 is 11.0. The summed E-state index contributed by atoms with van der Waals surface area (Å²) in [6, 6.07) is 12.3. The van der Waals surface area contributed by atoms with Crippen LogP contribution in [0.1, 0.15) is 44.5 Å². The highest BCUT2D eigenvalue weighted by Gasteiger charge is 2.24. The lowest BCUT2D eigenvalue weighted by molar-refractivity contribution is 0.0596. The van der Waals surface area contributed by atoms with Crippen molar-refractivity contribution in [3.05, 3.63) is 76.1 Å². The summed E-state index contributed by atoms with van der Waals surface area (Å²) in [7, 11) is 0. The van der Waals surface area contributed by atoms with Gasteiger partial charge in [-0.15, -0.1) is 0 Å². The molecular weight excluding hydrogens is 366 g/mol. The molecule has 3 heterocycles. The molecule has 0 spiro atoms. The van der Waals surface area contributed by atoms with Crippen molar-refractivity contribution in [1.82, 2.24) is 15.0 Å². The number of benzene rings is 1. The second-order valence-electron chi connectivity index (χ2n) is 7.80. The third kappa shape index (κ3) is 4.43. The third-order valence-corrected chi connectivity index (χ3v) is 5.59. The molecule has 29 heavy (non-hydrogen) atoms. The van der Waals surface area contributed by atoms with Gasteiger partial charge >= 0.3 is 0 Å². The number of nitrogens with zero attached hydrogens (tertiary/aromatic N) is 3. The topological polar surface area (TPSA) is 62.7 Å². The zero-order chi connectivity index (χ0) is 20.4. The predicted octanol–water partition coefficient (Wildman–Crippen LogP) is 3.74. The van der Waals surface area contributed by atoms with Gasteiger partial charge in [-0.3, -0.25) is 9.69 Å². The second kappa shape index (κ2) is 8.25. The van der Waals surface area contributed by atoms with Crippen LogP contribution < -0.4 is 0 Å². The maximum Gasteiger partial charge on any atom is 0.289 e. The fourth-order valence-electron chi connectivity index (χ4n) is 3.73. The molecule has 0 bridgehead atoms. The van der Waals surface area contributed by atoms with Crippen LogP contribution in [-0.2, 0) is 13.0 Å². The minimum absolute atomic E-state index is 0.0370. The molecule has 0 radical (unpaired) electrons. The van der Waals surface area contributed by atoms with Crippen molar-refractivity contribution in [3.63, 3.8) is 0 Å². The number of carbonyl (C=O) groups excluding carboxylic acids is 1. The van der Waals surface area contributed by atoms with Gasteiger partial charge in [0.15, 0.2) is 5.76 Å². The van der Waals surface area contributed by atoms with Crippen LogP contribution >= 0.6 is 0 Å². The molecule has 1 aromatic carbocycles. The molecule has 0 atom stereocenters. The van der Waals surface area contributed by atoms with Crippen molar-refractivity contribution >= 4 is 5.91 Å². The van der Waals surface area contributed by atoms with Crippen LogP contribution in [0.5, 0.6) is 0 Å². The highest BCUT2D eigenvalue weighted by molar-refractivity contribution is 5.91. The Bertz CT molecular complexity index is 960. The summed E-state index contributed by atoms with van der Waals surface area (Å²) in [5, 5.41) is 3.97. The monoisotopic (exact) mass is 393 g/mol. The lowest BCUT2D eigenvalue weighted by Crippen LogP contribution is -2.48. The Morgan fingerprint density at radius 2 is 1.72 bits per heavy atom. The molecule has 0 N–H and O–H groups in total. The van der Waals surface area contributed by atoms with Gasteiger partial charge in [0.1, 0.15) is 11.5 Å². The molecule has 4 rings (SSSR count). The van der Waals surface area contributed by atoms with Gasteiger partial charge in [0.25, 0.3) is 5.91 Å². The van der Waals surface area contributed by atoms with Crippen LogP contribution in [0.25, 0.3) is 0 Å². The quantitative estimate of drug-likeness (QED) is 0.661. The van der Waals surface area contributed by atoms with Crippen molar-refractivity contribution in [2.24, 2.45) is 0 Å². The molecule has 3 aromatic rings. The zero-order valence-corrected chi connectivity index (χ0v) is 17.3. The van der Waals surface area contributed by atoms with Crippen LogP contribution in [0.4, 0.5) is 0 Å². The van der Waals surface area contributed by atoms with E-state index in [9.17, 15) is 4.79 Å². The Morgan fingerprint density at radius 1 is 1.00 bits per heavy atom. The van der Waals surface area contributed by atoms with Crippen LogP contribution in [0.2, 0.25) is 0 Å². The zero-order valence-electron chi connectivity index (χ0n) is 17.3. The highest BCUT2D eigenvalue weighted by atomic mass is 16.5. The molecule has 0 saturated carbocycles. The molecule has 152 valence electrons. The van der Waals surface area contributed by atoms with Gasteiger partial charge in [-0.25, -0.2) is 0 Å². The molecule has 6 heteroatoms. The van der Waals surface area contributed by atoms with Gasteiger partial charge < -0.3 is 13.8 Å². The van der Waals surface area contributed by atoms with E-state index in [0.29, 0.717) is 25.3 Å². The Hall–Kier alpha value is -2.86. The van der Waals surface area contributed by atoms with Crippen LogP contribution in [0, 0.1) is 20.8 Å². The summed E-state index contributed by atoms with van der Waals surface area (Å²) in [5.41, 5.74) is 4.46. The Morgan fingerprint density at radius 3 is 2.38 bits per heavy atom. The Labute approximate surface area is 171 Å². The van der Waals surface area contributed by atoms with E-state index in [1.165, 1.54) is 11.1 Å². The molecule has 0 aliphatic carbocycles. The van der Waals surface area contributed by atoms with E-state index in [1.54, 1.807) is 6.07 Å². The van der Waals surface area contributed by atoms with E-state index < -0.39 is 0 Å². The standard InChI is InChI=1S/C23H27N3O3/c1-16-4-6-19(7-5-16)15-25-10-12-26(13-11-25)23(27)22-9-8-20(28-22)14-21-17(2)24-29-18(21)3/h4-9H,10-15H2,1-3H3. The number of hydrogen-bond donors (Lipinski definition) is 0. The van der Waals surface area contributed by atoms with E-state index in [0.717, 1.165) is 42.4 Å². The van der Waals surface area contributed by atoms with Gasteiger partial charge in [-0.2, -0.15) is 0 Å². The summed E-state index contributed by atoms with van der Waals surface area (Å²) >= 11 is 0. The van der Waals surface area contributed by atoms with Crippen molar-refractivity contribution in [2.75, 3.05) is 26.2 Å². The van der Waals surface area contributed by atoms with E-state index >= 15 is 0 Å². The molecule has 1 saturated heterocycles. The first-order valence-corrected chi connectivity index (χ1v) is 10.1. The van der Waals surface area contributed by atoms with Crippen molar-refractivity contribution in [2.45, 2.75) is 33.7 Å². The highest BCUT2D eigenvalue weighted by Crippen LogP contribution is 2.20. The number of furan rings is 1. The van der Waals surface area contributed by atoms with E-state index in [2.05, 4.69) is 41.2 Å². The SMILES string of the molecule is Cc1ccc(CN2CCN(C(=O)c3ccc(Cc4c(C)noc4C)o3)CC2)cc1. The average Bonchev–Trinajstić information content (AvgIpc) is 3.32. The van der Waals surface area contributed by atoms with Crippen LogP contribution in [-0.4, -0.2) is 47.0 Å². The first-order chi connectivity index (χ1) is 14.0. The summed E-state index contributed by atoms with van der Waals surface area (Å²) in [4.78, 5) is 17.1. The first-order valence-electron chi connectivity index (χ1n) is 10.1.